The Bertz CT molecular complexity index is 185. The fourth-order valence-electron chi connectivity index (χ4n) is 1.20. The Morgan fingerprint density at radius 1 is 1.40 bits per heavy atom. The molecule has 90 valence electrons. The number of likely N-dealkylation sites (N-methyl/N-ethyl adjacent to an activating group) is 1. The Kier molecular flexibility index (Phi) is 7.34. The summed E-state index contributed by atoms with van der Waals surface area (Å²) in [4.78, 5) is 13.6. The van der Waals surface area contributed by atoms with Crippen molar-refractivity contribution in [2.75, 3.05) is 20.1 Å². The summed E-state index contributed by atoms with van der Waals surface area (Å²) >= 11 is 0. The predicted octanol–water partition coefficient (Wildman–Crippen LogP) is 0.570. The number of hydrogen-bond donors (Lipinski definition) is 2. The lowest BCUT2D eigenvalue weighted by Gasteiger charge is -2.23. The monoisotopic (exact) mass is 215 g/mol. The van der Waals surface area contributed by atoms with E-state index in [1.807, 2.05) is 6.92 Å². The number of rotatable bonds is 7. The first kappa shape index (κ1) is 14.4. The zero-order valence-electron chi connectivity index (χ0n) is 10.4. The van der Waals surface area contributed by atoms with Gasteiger partial charge in [0.1, 0.15) is 0 Å². The van der Waals surface area contributed by atoms with E-state index in [2.05, 4.69) is 31.1 Å². The van der Waals surface area contributed by atoms with Gasteiger partial charge < -0.3 is 16.0 Å². The maximum atomic E-state index is 11.3. The molecular formula is C11H25N3O. The largest absolute Gasteiger partial charge is 0.353 e. The van der Waals surface area contributed by atoms with Gasteiger partial charge in [0.25, 0.3) is 0 Å². The van der Waals surface area contributed by atoms with E-state index in [-0.39, 0.29) is 11.9 Å². The number of carbonyl (C=O) groups excluding carboxylic acids is 1. The molecule has 0 fully saturated rings. The highest BCUT2D eigenvalue weighted by Gasteiger charge is 2.11. The summed E-state index contributed by atoms with van der Waals surface area (Å²) in [5.41, 5.74) is 5.59. The minimum Gasteiger partial charge on any atom is -0.353 e. The molecule has 4 nitrogen and oxygen atoms in total. The van der Waals surface area contributed by atoms with E-state index < -0.39 is 0 Å². The molecule has 0 saturated heterocycles. The van der Waals surface area contributed by atoms with Crippen molar-refractivity contribution in [1.29, 1.82) is 0 Å². The van der Waals surface area contributed by atoms with Gasteiger partial charge in [0, 0.05) is 19.1 Å². The van der Waals surface area contributed by atoms with Crippen molar-refractivity contribution in [2.24, 2.45) is 5.73 Å². The second-order valence-electron chi connectivity index (χ2n) is 4.04. The molecule has 3 N–H and O–H groups in total. The van der Waals surface area contributed by atoms with Gasteiger partial charge in [-0.3, -0.25) is 4.79 Å². The number of nitrogens with zero attached hydrogens (tertiary/aromatic N) is 1. The van der Waals surface area contributed by atoms with E-state index in [9.17, 15) is 4.79 Å². The first-order valence-corrected chi connectivity index (χ1v) is 5.76. The molecule has 0 aliphatic rings. The minimum absolute atomic E-state index is 0.0462. The van der Waals surface area contributed by atoms with Crippen LogP contribution in [0.15, 0.2) is 0 Å². The molecule has 4 heteroatoms. The highest BCUT2D eigenvalue weighted by Crippen LogP contribution is 1.98. The highest BCUT2D eigenvalue weighted by molar-refractivity contribution is 5.81. The number of carbonyl (C=O) groups is 1. The van der Waals surface area contributed by atoms with Crippen LogP contribution in [0.3, 0.4) is 0 Å². The van der Waals surface area contributed by atoms with Crippen molar-refractivity contribution >= 4 is 5.91 Å². The molecule has 0 aromatic heterocycles. The van der Waals surface area contributed by atoms with Crippen LogP contribution in [0.1, 0.15) is 33.6 Å². The Hall–Kier alpha value is -0.610. The molecule has 0 aliphatic heterocycles. The Labute approximate surface area is 93.2 Å². The Balaban J connectivity index is 3.65. The zero-order chi connectivity index (χ0) is 11.8. The van der Waals surface area contributed by atoms with E-state index in [0.717, 1.165) is 13.0 Å². The average molecular weight is 215 g/mol. The van der Waals surface area contributed by atoms with Crippen LogP contribution < -0.4 is 11.1 Å². The summed E-state index contributed by atoms with van der Waals surface area (Å²) in [6.45, 7) is 7.80. The fraction of sp³-hybridized carbons (Fsp3) is 0.909. The molecule has 1 amide bonds. The van der Waals surface area contributed by atoms with Crippen molar-refractivity contribution < 1.29 is 4.79 Å². The summed E-state index contributed by atoms with van der Waals surface area (Å²) in [6, 6.07) is 0.195. The lowest BCUT2D eigenvalue weighted by atomic mass is 10.2. The Morgan fingerprint density at radius 2 is 2.00 bits per heavy atom. The van der Waals surface area contributed by atoms with Crippen molar-refractivity contribution in [3.8, 4) is 0 Å². The van der Waals surface area contributed by atoms with Gasteiger partial charge in [-0.25, -0.2) is 0 Å². The molecule has 0 spiro atoms. The minimum atomic E-state index is -0.362. The molecule has 0 rings (SSSR count). The first-order valence-electron chi connectivity index (χ1n) is 5.76. The van der Waals surface area contributed by atoms with Crippen LogP contribution in [-0.2, 0) is 4.79 Å². The molecule has 0 bridgehead atoms. The maximum absolute atomic E-state index is 11.3. The second-order valence-corrected chi connectivity index (χ2v) is 4.04. The van der Waals surface area contributed by atoms with Gasteiger partial charge in [-0.2, -0.15) is 0 Å². The topological polar surface area (TPSA) is 58.4 Å². The average Bonchev–Trinajstić information content (AvgIpc) is 2.26. The number of nitrogens with one attached hydrogen (secondary N) is 1. The lowest BCUT2D eigenvalue weighted by Crippen LogP contribution is -2.43. The van der Waals surface area contributed by atoms with Crippen LogP contribution in [0.25, 0.3) is 0 Å². The maximum Gasteiger partial charge on any atom is 0.236 e. The van der Waals surface area contributed by atoms with Gasteiger partial charge in [0.2, 0.25) is 5.91 Å². The normalized spacial score (nSPS) is 15.1. The summed E-state index contributed by atoms with van der Waals surface area (Å²) in [5.74, 6) is -0.0462. The van der Waals surface area contributed by atoms with Crippen molar-refractivity contribution in [3.63, 3.8) is 0 Å². The predicted molar refractivity (Wildman–Crippen MR) is 63.7 cm³/mol. The smallest absolute Gasteiger partial charge is 0.236 e. The molecule has 0 saturated carbocycles. The Morgan fingerprint density at radius 3 is 2.47 bits per heavy atom. The lowest BCUT2D eigenvalue weighted by molar-refractivity contribution is -0.122. The zero-order valence-corrected chi connectivity index (χ0v) is 10.4. The van der Waals surface area contributed by atoms with Crippen LogP contribution in [0, 0.1) is 0 Å². The van der Waals surface area contributed by atoms with E-state index in [4.69, 9.17) is 5.73 Å². The van der Waals surface area contributed by atoms with Crippen LogP contribution in [0.4, 0.5) is 0 Å². The van der Waals surface area contributed by atoms with E-state index >= 15 is 0 Å². The summed E-state index contributed by atoms with van der Waals surface area (Å²) in [7, 11) is 2.07. The van der Waals surface area contributed by atoms with Crippen LogP contribution in [-0.4, -0.2) is 43.0 Å². The number of amides is 1. The number of nitrogens with two attached hydrogens (primary N) is 1. The van der Waals surface area contributed by atoms with E-state index in [1.165, 1.54) is 0 Å². The SMILES string of the molecule is CCC(C)N(C)CCNC(=O)[C@@H](N)CC. The molecule has 0 heterocycles. The van der Waals surface area contributed by atoms with Gasteiger partial charge in [-0.15, -0.1) is 0 Å². The molecular weight excluding hydrogens is 190 g/mol. The highest BCUT2D eigenvalue weighted by atomic mass is 16.2. The second kappa shape index (κ2) is 7.65. The van der Waals surface area contributed by atoms with Gasteiger partial charge in [-0.1, -0.05) is 13.8 Å². The third-order valence-corrected chi connectivity index (χ3v) is 2.88. The first-order chi connectivity index (χ1) is 7.02. The van der Waals surface area contributed by atoms with E-state index in [0.29, 0.717) is 19.0 Å². The van der Waals surface area contributed by atoms with E-state index in [1.54, 1.807) is 0 Å². The van der Waals surface area contributed by atoms with Crippen LogP contribution in [0.5, 0.6) is 0 Å². The third kappa shape index (κ3) is 5.74. The van der Waals surface area contributed by atoms with Gasteiger partial charge in [0.15, 0.2) is 0 Å². The standard InChI is InChI=1S/C11H25N3O/c1-5-9(3)14(4)8-7-13-11(15)10(12)6-2/h9-10H,5-8,12H2,1-4H3,(H,13,15)/t9?,10-/m0/s1. The van der Waals surface area contributed by atoms with Crippen molar-refractivity contribution in [1.82, 2.24) is 10.2 Å². The summed E-state index contributed by atoms with van der Waals surface area (Å²) in [5, 5.41) is 2.84. The molecule has 0 aromatic carbocycles. The molecule has 2 atom stereocenters. The molecule has 0 aliphatic carbocycles. The van der Waals surface area contributed by atoms with Gasteiger partial charge in [0.05, 0.1) is 6.04 Å². The van der Waals surface area contributed by atoms with Gasteiger partial charge in [-0.05, 0) is 26.8 Å². The summed E-state index contributed by atoms with van der Waals surface area (Å²) < 4.78 is 0. The van der Waals surface area contributed by atoms with Gasteiger partial charge >= 0.3 is 0 Å². The van der Waals surface area contributed by atoms with Crippen LogP contribution in [0.2, 0.25) is 0 Å². The molecule has 0 aromatic rings. The third-order valence-electron chi connectivity index (χ3n) is 2.88. The fourth-order valence-corrected chi connectivity index (χ4v) is 1.20. The van der Waals surface area contributed by atoms with Crippen molar-refractivity contribution in [3.05, 3.63) is 0 Å². The summed E-state index contributed by atoms with van der Waals surface area (Å²) in [6.07, 6.45) is 1.81. The quantitative estimate of drug-likeness (QED) is 0.653. The van der Waals surface area contributed by atoms with Crippen molar-refractivity contribution in [2.45, 2.75) is 45.7 Å². The molecule has 15 heavy (non-hydrogen) atoms. The molecule has 0 radical (unpaired) electrons. The number of hydrogen-bond acceptors (Lipinski definition) is 3. The van der Waals surface area contributed by atoms with Crippen LogP contribution >= 0.6 is 0 Å². The molecule has 1 unspecified atom stereocenters.